The molecule has 60 heavy (non-hydrogen) atoms. The Hall–Kier alpha value is -4.65. The van der Waals surface area contributed by atoms with Crippen molar-refractivity contribution in [2.75, 3.05) is 55.4 Å². The van der Waals surface area contributed by atoms with E-state index in [-0.39, 0.29) is 13.2 Å². The number of aliphatic hydroxyl groups is 1. The van der Waals surface area contributed by atoms with Crippen LogP contribution in [0, 0.1) is 0 Å². The van der Waals surface area contributed by atoms with Crippen LogP contribution in [0.3, 0.4) is 0 Å². The predicted molar refractivity (Wildman–Crippen MR) is 242 cm³/mol. The van der Waals surface area contributed by atoms with E-state index in [9.17, 15) is 18.5 Å². The summed E-state index contributed by atoms with van der Waals surface area (Å²) in [4.78, 5) is 30.2. The Morgan fingerprint density at radius 2 is 1.17 bits per heavy atom. The number of aliphatic hydroxyl groups excluding tert-OH is 1. The zero-order chi connectivity index (χ0) is 45.5. The fraction of sp³-hybridized carbons (Fsp3) is 0.297. The minimum absolute atomic E-state index is 0.00259. The largest absolute Gasteiger partial charge is 0.495 e. The van der Waals surface area contributed by atoms with Crippen LogP contribution in [0.2, 0.25) is 0 Å². The highest BCUT2D eigenvalue weighted by Crippen LogP contribution is 2.31. The van der Waals surface area contributed by atoms with Gasteiger partial charge < -0.3 is 39.4 Å². The Kier molecular flexibility index (Phi) is 30.5. The molecular formula is C37H43Br4FN8O9P+. The molecule has 0 heterocycles. The quantitative estimate of drug-likeness (QED) is 0.0379. The molecule has 4 rings (SSSR count). The maximum Gasteiger partial charge on any atom is 0.458 e. The molecule has 0 fully saturated rings. The van der Waals surface area contributed by atoms with Gasteiger partial charge >= 0.3 is 20.0 Å². The van der Waals surface area contributed by atoms with Crippen LogP contribution in [0.1, 0.15) is 27.0 Å². The third-order valence-electron chi connectivity index (χ3n) is 6.79. The number of alkyl halides is 1. The molecule has 2 amide bonds. The van der Waals surface area contributed by atoms with Crippen LogP contribution in [-0.4, -0.2) is 72.5 Å². The van der Waals surface area contributed by atoms with Gasteiger partial charge in [-0.1, -0.05) is 52.1 Å². The summed E-state index contributed by atoms with van der Waals surface area (Å²) in [7, 11) is 5.93. The van der Waals surface area contributed by atoms with Gasteiger partial charge in [0.15, 0.2) is 4.88 Å². The van der Waals surface area contributed by atoms with Crippen molar-refractivity contribution < 1.29 is 47.3 Å². The van der Waals surface area contributed by atoms with Crippen molar-refractivity contribution in [1.29, 1.82) is 0 Å². The Bertz CT molecular complexity index is 2080. The normalized spacial score (nSPS) is 9.50. The molecule has 0 saturated carbocycles. The minimum Gasteiger partial charge on any atom is -0.495 e. The summed E-state index contributed by atoms with van der Waals surface area (Å²) in [6.07, 6.45) is 0. The number of nitrogens with zero attached hydrogens (tertiary/aromatic N) is 6. The number of esters is 1. The van der Waals surface area contributed by atoms with Crippen molar-refractivity contribution in [3.8, 4) is 23.0 Å². The van der Waals surface area contributed by atoms with E-state index >= 15 is 0 Å². The van der Waals surface area contributed by atoms with Gasteiger partial charge in [0, 0.05) is 45.1 Å². The smallest absolute Gasteiger partial charge is 0.458 e. The zero-order valence-electron chi connectivity index (χ0n) is 33.2. The van der Waals surface area contributed by atoms with Crippen LogP contribution in [0.25, 0.3) is 20.9 Å². The molecular weight excluding hydrogens is 1070 g/mol. The second-order valence-electron chi connectivity index (χ2n) is 10.6. The Labute approximate surface area is 381 Å². The van der Waals surface area contributed by atoms with E-state index in [2.05, 4.69) is 98.9 Å². The lowest BCUT2D eigenvalue weighted by Gasteiger charge is -2.11. The lowest BCUT2D eigenvalue weighted by molar-refractivity contribution is 0.0597. The average molecular weight is 1110 g/mol. The number of carbonyl (C=O) groups excluding carboxylic acids is 2. The maximum absolute atomic E-state index is 11.8. The number of nitrogens with one attached hydrogen (secondary N) is 2. The first-order valence-electron chi connectivity index (χ1n) is 16.7. The molecule has 23 heteroatoms. The number of ether oxygens (including phenoxy) is 5. The van der Waals surface area contributed by atoms with Crippen LogP contribution in [0.15, 0.2) is 101 Å². The molecule has 0 aliphatic heterocycles. The van der Waals surface area contributed by atoms with E-state index in [0.717, 1.165) is 40.3 Å². The second kappa shape index (κ2) is 33.1. The van der Waals surface area contributed by atoms with Gasteiger partial charge in [-0.3, -0.25) is 0 Å². The topological polar surface area (TPSA) is 239 Å². The molecule has 1 unspecified atom stereocenters. The summed E-state index contributed by atoms with van der Waals surface area (Å²) in [5.41, 5.74) is 18.6. The molecule has 0 aliphatic carbocycles. The van der Waals surface area contributed by atoms with E-state index < -0.39 is 26.6 Å². The SMILES string of the molecule is COC(=O)c1cccc(Br)c1OC.COc1c(Br)cccc1CN=[N+]=[N-].COc1c(Br)cccc1CNC(=O)NCCF.COc1c(Br)cccc1CO.C[P+](=O)N=[N+]=[N-]. The lowest BCUT2D eigenvalue weighted by Crippen LogP contribution is -2.36. The van der Waals surface area contributed by atoms with Crippen molar-refractivity contribution >= 4 is 83.7 Å². The first kappa shape index (κ1) is 55.4. The number of para-hydroxylation sites is 4. The van der Waals surface area contributed by atoms with E-state index in [0.29, 0.717) is 35.9 Å². The molecule has 0 radical (unpaired) electrons. The molecule has 0 saturated heterocycles. The number of hydrogen-bond donors (Lipinski definition) is 3. The number of azide groups is 2. The first-order valence-corrected chi connectivity index (χ1v) is 21.6. The third-order valence-corrected chi connectivity index (χ3v) is 9.62. The van der Waals surface area contributed by atoms with Crippen molar-refractivity contribution in [3.05, 3.63) is 134 Å². The fourth-order valence-corrected chi connectivity index (χ4v) is 6.63. The molecule has 0 spiro atoms. The Morgan fingerprint density at radius 1 is 0.717 bits per heavy atom. The second-order valence-corrected chi connectivity index (χ2v) is 15.1. The Balaban J connectivity index is 0.000000747. The lowest BCUT2D eigenvalue weighted by atomic mass is 10.2. The van der Waals surface area contributed by atoms with Gasteiger partial charge in [0.05, 0.1) is 66.6 Å². The number of benzene rings is 4. The predicted octanol–water partition coefficient (Wildman–Crippen LogP) is 11.4. The van der Waals surface area contributed by atoms with Crippen LogP contribution in [0.4, 0.5) is 9.18 Å². The van der Waals surface area contributed by atoms with Crippen LogP contribution < -0.4 is 29.6 Å². The zero-order valence-corrected chi connectivity index (χ0v) is 40.4. The summed E-state index contributed by atoms with van der Waals surface area (Å²) in [6.45, 7) is 1.41. The number of hydrogen-bond acceptors (Lipinski definition) is 10. The monoisotopic (exact) mass is 1110 g/mol. The molecule has 324 valence electrons. The molecule has 0 aromatic heterocycles. The number of halogens is 5. The van der Waals surface area contributed by atoms with E-state index in [1.54, 1.807) is 39.5 Å². The van der Waals surface area contributed by atoms with Crippen molar-refractivity contribution in [2.45, 2.75) is 19.7 Å². The van der Waals surface area contributed by atoms with Crippen LogP contribution in [-0.2, 0) is 29.0 Å². The average Bonchev–Trinajstić information content (AvgIpc) is 3.24. The van der Waals surface area contributed by atoms with Gasteiger partial charge in [-0.2, -0.15) is 0 Å². The molecule has 0 bridgehead atoms. The minimum atomic E-state index is -1.64. The number of rotatable bonds is 13. The number of methoxy groups -OCH3 is 5. The summed E-state index contributed by atoms with van der Waals surface area (Å²) in [5, 5.41) is 17.3. The van der Waals surface area contributed by atoms with E-state index in [4.69, 9.17) is 35.1 Å². The first-order chi connectivity index (χ1) is 28.7. The molecule has 1 atom stereocenters. The number of urea groups is 1. The number of carbonyl (C=O) groups is 2. The standard InChI is InChI=1S/C11H14BrFN2O2.C9H9BrO3.C8H8BrN3O.C8H9BrO2.CH3N3OP/c1-17-10-8(3-2-4-9(10)12)7-15-11(16)14-6-5-13;1-12-8-6(9(11)13-2)4-3-5-7(8)10;1-13-8-6(5-11-12-10)3-2-4-7(8)9;1-11-8-6(5-10)3-2-4-7(8)9;1-6(5)4-3-2/h2-4H,5-7H2,1H3,(H2,14,15,16);3-5H,1-2H3;2-4H,5H2,1H3;2-4,10H,5H2,1H3;1H3/q;;;;+1. The van der Waals surface area contributed by atoms with Gasteiger partial charge in [-0.15, -0.1) is 0 Å². The van der Waals surface area contributed by atoms with Gasteiger partial charge in [-0.05, 0) is 99.6 Å². The highest BCUT2D eigenvalue weighted by Gasteiger charge is 2.14. The number of amides is 2. The highest BCUT2D eigenvalue weighted by atomic mass is 79.9. The molecule has 17 nitrogen and oxygen atoms in total. The molecule has 3 N–H and O–H groups in total. The van der Waals surface area contributed by atoms with E-state index in [1.807, 2.05) is 54.6 Å². The molecule has 4 aromatic carbocycles. The summed E-state index contributed by atoms with van der Waals surface area (Å²) in [5.74, 6) is 2.19. The fourth-order valence-electron chi connectivity index (χ4n) is 4.28. The van der Waals surface area contributed by atoms with Gasteiger partial charge in [0.2, 0.25) is 0 Å². The van der Waals surface area contributed by atoms with Crippen LogP contribution >= 0.6 is 71.7 Å². The van der Waals surface area contributed by atoms with Gasteiger partial charge in [-0.25, -0.2) is 14.0 Å². The Morgan fingerprint density at radius 3 is 1.57 bits per heavy atom. The van der Waals surface area contributed by atoms with Crippen molar-refractivity contribution in [1.82, 2.24) is 10.6 Å². The third kappa shape index (κ3) is 21.0. The van der Waals surface area contributed by atoms with Gasteiger partial charge in [0.25, 0.3) is 0 Å². The van der Waals surface area contributed by atoms with Crippen LogP contribution in [0.5, 0.6) is 23.0 Å². The van der Waals surface area contributed by atoms with Gasteiger partial charge in [0.1, 0.15) is 41.9 Å². The van der Waals surface area contributed by atoms with E-state index in [1.165, 1.54) is 20.9 Å². The van der Waals surface area contributed by atoms with Crippen molar-refractivity contribution in [2.24, 2.45) is 10.00 Å². The maximum atomic E-state index is 11.8. The summed E-state index contributed by atoms with van der Waals surface area (Å²) < 4.78 is 49.9. The summed E-state index contributed by atoms with van der Waals surface area (Å²) >= 11 is 13.3. The summed E-state index contributed by atoms with van der Waals surface area (Å²) in [6, 6.07) is 21.5. The van der Waals surface area contributed by atoms with Crippen molar-refractivity contribution in [3.63, 3.8) is 0 Å². The molecule has 0 aliphatic rings. The molecule has 4 aromatic rings. The highest BCUT2D eigenvalue weighted by molar-refractivity contribution is 9.11.